The van der Waals surface area contributed by atoms with Gasteiger partial charge in [-0.15, -0.1) is 11.3 Å². The molecular formula is C20H20ClF3N2OS. The molecule has 2 aromatic rings. The topological polar surface area (TPSA) is 32.3 Å². The Morgan fingerprint density at radius 2 is 2.00 bits per heavy atom. The Balaban J connectivity index is 1.43. The molecular weight excluding hydrogens is 409 g/mol. The molecule has 1 N–H and O–H groups in total. The van der Waals surface area contributed by atoms with Crippen molar-refractivity contribution in [2.24, 2.45) is 5.92 Å². The van der Waals surface area contributed by atoms with Crippen LogP contribution in [0.15, 0.2) is 18.2 Å². The number of hydrogen-bond donors (Lipinski definition) is 1. The molecule has 8 heteroatoms. The highest BCUT2D eigenvalue weighted by molar-refractivity contribution is 7.21. The van der Waals surface area contributed by atoms with Gasteiger partial charge in [0, 0.05) is 15.3 Å². The van der Waals surface area contributed by atoms with Crippen LogP contribution in [0, 0.1) is 5.92 Å². The van der Waals surface area contributed by atoms with E-state index in [-0.39, 0.29) is 28.1 Å². The molecule has 4 heterocycles. The van der Waals surface area contributed by atoms with E-state index in [4.69, 9.17) is 11.6 Å². The average Bonchev–Trinajstić information content (AvgIpc) is 3.29. The second-order valence-corrected chi connectivity index (χ2v) is 9.69. The number of halogens is 4. The summed E-state index contributed by atoms with van der Waals surface area (Å²) in [7, 11) is 0. The standard InChI is InChI=1S/C20H20ClF3N2OS/c21-14-2-1-12-9-15(28-16(12)13(14)10-20(22,23)24)18(27)25-17-11-3-7-26(8-4-11)19(17)5-6-19/h1-2,9,11,17H,3-8,10H2,(H,25,27). The normalized spacial score (nSPS) is 28.1. The number of carbonyl (C=O) groups excluding carboxylic acids is 1. The van der Waals surface area contributed by atoms with Gasteiger partial charge < -0.3 is 5.32 Å². The van der Waals surface area contributed by atoms with Crippen molar-refractivity contribution in [1.29, 1.82) is 0 Å². The molecule has 150 valence electrons. The second-order valence-electron chi connectivity index (χ2n) is 8.23. The number of thiophene rings is 1. The number of fused-ring (bicyclic) bond motifs is 3. The molecule has 2 bridgehead atoms. The van der Waals surface area contributed by atoms with Gasteiger partial charge in [-0.1, -0.05) is 17.7 Å². The number of piperidine rings is 3. The van der Waals surface area contributed by atoms with Gasteiger partial charge in [-0.05, 0) is 67.8 Å². The summed E-state index contributed by atoms with van der Waals surface area (Å²) in [6.07, 6.45) is -1.00. The van der Waals surface area contributed by atoms with Crippen molar-refractivity contribution in [2.75, 3.05) is 13.1 Å². The smallest absolute Gasteiger partial charge is 0.346 e. The van der Waals surface area contributed by atoms with Crippen molar-refractivity contribution in [1.82, 2.24) is 10.2 Å². The van der Waals surface area contributed by atoms with Crippen LogP contribution in [0.4, 0.5) is 13.2 Å². The van der Waals surface area contributed by atoms with E-state index in [1.807, 2.05) is 0 Å². The number of benzene rings is 1. The molecule has 1 aromatic carbocycles. The van der Waals surface area contributed by atoms with Crippen LogP contribution < -0.4 is 5.32 Å². The molecule has 1 atom stereocenters. The van der Waals surface area contributed by atoms with Crippen LogP contribution in [0.2, 0.25) is 5.02 Å². The van der Waals surface area contributed by atoms with Gasteiger partial charge in [0.15, 0.2) is 0 Å². The summed E-state index contributed by atoms with van der Waals surface area (Å²) in [5.41, 5.74) is 0.176. The van der Waals surface area contributed by atoms with Crippen molar-refractivity contribution < 1.29 is 18.0 Å². The quantitative estimate of drug-likeness (QED) is 0.744. The molecule has 3 saturated heterocycles. The average molecular weight is 429 g/mol. The van der Waals surface area contributed by atoms with Gasteiger partial charge in [0.25, 0.3) is 5.91 Å². The highest BCUT2D eigenvalue weighted by Gasteiger charge is 2.60. The minimum atomic E-state index is -4.35. The van der Waals surface area contributed by atoms with E-state index in [1.165, 1.54) is 6.07 Å². The number of nitrogens with zero attached hydrogens (tertiary/aromatic N) is 1. The van der Waals surface area contributed by atoms with Gasteiger partial charge in [-0.3, -0.25) is 9.69 Å². The lowest BCUT2D eigenvalue weighted by Gasteiger charge is -2.52. The minimum absolute atomic E-state index is 0.0530. The molecule has 6 rings (SSSR count). The molecule has 1 aliphatic carbocycles. The monoisotopic (exact) mass is 428 g/mol. The molecule has 0 radical (unpaired) electrons. The number of nitrogens with one attached hydrogen (secondary N) is 1. The molecule has 3 aliphatic heterocycles. The van der Waals surface area contributed by atoms with Gasteiger partial charge in [0.2, 0.25) is 0 Å². The lowest BCUT2D eigenvalue weighted by atomic mass is 9.77. The zero-order valence-corrected chi connectivity index (χ0v) is 16.7. The van der Waals surface area contributed by atoms with E-state index in [0.29, 0.717) is 20.9 Å². The van der Waals surface area contributed by atoms with Crippen LogP contribution in [0.1, 0.15) is 40.9 Å². The summed E-state index contributed by atoms with van der Waals surface area (Å²) in [6, 6.07) is 4.99. The number of alkyl halides is 3. The summed E-state index contributed by atoms with van der Waals surface area (Å²) in [6.45, 7) is 2.22. The highest BCUT2D eigenvalue weighted by atomic mass is 35.5. The van der Waals surface area contributed by atoms with Gasteiger partial charge in [0.1, 0.15) is 0 Å². The van der Waals surface area contributed by atoms with Crippen LogP contribution in [0.5, 0.6) is 0 Å². The van der Waals surface area contributed by atoms with E-state index in [0.717, 1.165) is 50.1 Å². The van der Waals surface area contributed by atoms with Crippen molar-refractivity contribution >= 4 is 38.9 Å². The fourth-order valence-electron chi connectivity index (χ4n) is 5.15. The minimum Gasteiger partial charge on any atom is -0.346 e. The maximum absolute atomic E-state index is 13.0. The fourth-order valence-corrected chi connectivity index (χ4v) is 6.54. The molecule has 1 spiro atoms. The van der Waals surface area contributed by atoms with E-state index >= 15 is 0 Å². The Bertz CT molecular complexity index is 945. The Kier molecular flexibility index (Phi) is 4.24. The van der Waals surface area contributed by atoms with Crippen LogP contribution in [-0.2, 0) is 6.42 Å². The SMILES string of the molecule is O=C(NC1C2CCN(CC2)C12CC2)c1cc2ccc(Cl)c(CC(F)(F)F)c2s1. The van der Waals surface area contributed by atoms with Crippen molar-refractivity contribution in [3.05, 3.63) is 33.7 Å². The molecule has 1 unspecified atom stereocenters. The summed E-state index contributed by atoms with van der Waals surface area (Å²) < 4.78 is 39.3. The Morgan fingerprint density at radius 1 is 1.29 bits per heavy atom. The molecule has 1 saturated carbocycles. The third-order valence-corrected chi connectivity index (χ3v) is 8.17. The van der Waals surface area contributed by atoms with Crippen LogP contribution in [0.25, 0.3) is 10.1 Å². The maximum atomic E-state index is 13.0. The molecule has 4 aliphatic rings. The largest absolute Gasteiger partial charge is 0.393 e. The molecule has 1 amide bonds. The third kappa shape index (κ3) is 3.02. The first-order valence-corrected chi connectivity index (χ1v) is 10.8. The predicted octanol–water partition coefficient (Wildman–Crippen LogP) is 5.02. The fraction of sp³-hybridized carbons (Fsp3) is 0.550. The predicted molar refractivity (Wildman–Crippen MR) is 104 cm³/mol. The number of amides is 1. The van der Waals surface area contributed by atoms with E-state index < -0.39 is 12.6 Å². The van der Waals surface area contributed by atoms with Crippen molar-refractivity contribution in [3.8, 4) is 0 Å². The van der Waals surface area contributed by atoms with Crippen LogP contribution in [-0.4, -0.2) is 41.7 Å². The first-order valence-electron chi connectivity index (χ1n) is 9.60. The zero-order chi connectivity index (χ0) is 19.7. The Morgan fingerprint density at radius 3 is 2.64 bits per heavy atom. The maximum Gasteiger partial charge on any atom is 0.393 e. The highest BCUT2D eigenvalue weighted by Crippen LogP contribution is 2.53. The van der Waals surface area contributed by atoms with Gasteiger partial charge in [0.05, 0.1) is 17.3 Å². The van der Waals surface area contributed by atoms with E-state index in [1.54, 1.807) is 12.1 Å². The van der Waals surface area contributed by atoms with Crippen LogP contribution in [0.3, 0.4) is 0 Å². The number of hydrogen-bond acceptors (Lipinski definition) is 3. The van der Waals surface area contributed by atoms with E-state index in [2.05, 4.69) is 10.2 Å². The summed E-state index contributed by atoms with van der Waals surface area (Å²) in [5.74, 6) is 0.321. The summed E-state index contributed by atoms with van der Waals surface area (Å²) in [4.78, 5) is 16.0. The van der Waals surface area contributed by atoms with Crippen LogP contribution >= 0.6 is 22.9 Å². The molecule has 28 heavy (non-hydrogen) atoms. The molecule has 1 aromatic heterocycles. The summed E-state index contributed by atoms with van der Waals surface area (Å²) >= 11 is 7.15. The van der Waals surface area contributed by atoms with Crippen molar-refractivity contribution in [2.45, 2.75) is 49.9 Å². The third-order valence-electron chi connectivity index (χ3n) is 6.60. The Hall–Kier alpha value is -1.31. The van der Waals surface area contributed by atoms with Gasteiger partial charge >= 0.3 is 6.18 Å². The lowest BCUT2D eigenvalue weighted by Crippen LogP contribution is -2.65. The first-order chi connectivity index (χ1) is 13.3. The van der Waals surface area contributed by atoms with Gasteiger partial charge in [-0.2, -0.15) is 13.2 Å². The van der Waals surface area contributed by atoms with E-state index in [9.17, 15) is 18.0 Å². The Labute approximate surface area is 169 Å². The number of carbonyl (C=O) groups is 1. The first kappa shape index (κ1) is 18.7. The molecule has 3 nitrogen and oxygen atoms in total. The second kappa shape index (κ2) is 6.34. The van der Waals surface area contributed by atoms with Crippen molar-refractivity contribution in [3.63, 3.8) is 0 Å². The molecule has 4 fully saturated rings. The zero-order valence-electron chi connectivity index (χ0n) is 15.1. The van der Waals surface area contributed by atoms with Gasteiger partial charge in [-0.25, -0.2) is 0 Å². The number of rotatable bonds is 3. The lowest BCUT2D eigenvalue weighted by molar-refractivity contribution is -0.126. The summed E-state index contributed by atoms with van der Waals surface area (Å²) in [5, 5.41) is 3.96.